The molecule has 6 nitrogen and oxygen atoms in total. The number of nitrogens with one attached hydrogen (secondary N) is 1. The van der Waals surface area contributed by atoms with Gasteiger partial charge in [-0.3, -0.25) is 0 Å². The Hall–Kier alpha value is -2.84. The molecule has 1 saturated carbocycles. The van der Waals surface area contributed by atoms with Gasteiger partial charge >= 0.3 is 6.18 Å². The lowest BCUT2D eigenvalue weighted by molar-refractivity contribution is -0.138. The number of anilines is 1. The van der Waals surface area contributed by atoms with E-state index in [9.17, 15) is 13.2 Å². The second-order valence-electron chi connectivity index (χ2n) is 6.09. The lowest BCUT2D eigenvalue weighted by Crippen LogP contribution is -2.15. The van der Waals surface area contributed by atoms with Crippen molar-refractivity contribution < 1.29 is 17.9 Å². The van der Waals surface area contributed by atoms with Crippen molar-refractivity contribution in [1.82, 2.24) is 19.8 Å². The monoisotopic (exact) mass is 363 g/mol. The van der Waals surface area contributed by atoms with Crippen molar-refractivity contribution in [2.24, 2.45) is 0 Å². The molecule has 0 unspecified atom stereocenters. The maximum atomic E-state index is 12.9. The van der Waals surface area contributed by atoms with Crippen molar-refractivity contribution in [2.45, 2.75) is 24.9 Å². The molecule has 2 aromatic heterocycles. The molecule has 1 N–H and O–H groups in total. The number of hydrogen-bond donors (Lipinski definition) is 1. The fourth-order valence-corrected chi connectivity index (χ4v) is 2.66. The highest BCUT2D eigenvalue weighted by molar-refractivity contribution is 5.44. The summed E-state index contributed by atoms with van der Waals surface area (Å²) in [4.78, 5) is 0. The Kier molecular flexibility index (Phi) is 4.14. The van der Waals surface area contributed by atoms with Crippen LogP contribution < -0.4 is 10.1 Å². The second-order valence-corrected chi connectivity index (χ2v) is 6.09. The molecule has 1 aromatic carbocycles. The minimum absolute atomic E-state index is 0.0739. The Morgan fingerprint density at radius 3 is 2.69 bits per heavy atom. The quantitative estimate of drug-likeness (QED) is 0.679. The van der Waals surface area contributed by atoms with Crippen LogP contribution in [0.4, 0.5) is 19.0 Å². The average molecular weight is 363 g/mol. The van der Waals surface area contributed by atoms with Crippen LogP contribution in [-0.4, -0.2) is 33.0 Å². The molecule has 1 fully saturated rings. The first-order valence-corrected chi connectivity index (χ1v) is 8.27. The van der Waals surface area contributed by atoms with Gasteiger partial charge in [0.25, 0.3) is 0 Å². The van der Waals surface area contributed by atoms with E-state index in [0.717, 1.165) is 24.7 Å². The van der Waals surface area contributed by atoms with Crippen molar-refractivity contribution in [2.75, 3.05) is 18.5 Å². The number of hydrogen-bond acceptors (Lipinski definition) is 5. The number of aromatic nitrogens is 4. The fourth-order valence-electron chi connectivity index (χ4n) is 2.66. The third-order valence-electron chi connectivity index (χ3n) is 4.09. The van der Waals surface area contributed by atoms with Gasteiger partial charge in [-0.2, -0.15) is 17.7 Å². The molecule has 136 valence electrons. The summed E-state index contributed by atoms with van der Waals surface area (Å²) in [5, 5.41) is 15.7. The largest absolute Gasteiger partial charge is 0.491 e. The smallest absolute Gasteiger partial charge is 0.419 e. The fraction of sp³-hybridized carbons (Fsp3) is 0.353. The predicted molar refractivity (Wildman–Crippen MR) is 88.2 cm³/mol. The molecule has 0 aliphatic heterocycles. The van der Waals surface area contributed by atoms with E-state index in [1.807, 2.05) is 0 Å². The van der Waals surface area contributed by atoms with E-state index in [0.29, 0.717) is 23.9 Å². The molecular formula is C17H16F3N5O. The van der Waals surface area contributed by atoms with Gasteiger partial charge in [-0.25, -0.2) is 0 Å². The van der Waals surface area contributed by atoms with Crippen LogP contribution in [0.25, 0.3) is 5.65 Å². The molecule has 9 heteroatoms. The highest BCUT2D eigenvalue weighted by Crippen LogP contribution is 2.38. The second kappa shape index (κ2) is 6.47. The number of alkyl halides is 3. The number of rotatable bonds is 6. The standard InChI is InChI=1S/C17H16F3N5O/c18-17(19,20)12-3-1-2-4-13(12)26-10-9-21-14-7-8-15-22-23-16(11-5-6-11)25(15)24-14/h1-4,7-8,11H,5-6,9-10H2,(H,21,24). The molecule has 0 spiro atoms. The van der Waals surface area contributed by atoms with Gasteiger partial charge < -0.3 is 10.1 Å². The summed E-state index contributed by atoms with van der Waals surface area (Å²) in [5.74, 6) is 1.67. The maximum absolute atomic E-state index is 12.9. The number of ether oxygens (including phenoxy) is 1. The van der Waals surface area contributed by atoms with Gasteiger partial charge in [-0.1, -0.05) is 12.1 Å². The summed E-state index contributed by atoms with van der Waals surface area (Å²) in [6.45, 7) is 0.385. The first-order chi connectivity index (χ1) is 12.5. The summed E-state index contributed by atoms with van der Waals surface area (Å²) in [6, 6.07) is 8.72. The van der Waals surface area contributed by atoms with Gasteiger partial charge in [0.05, 0.1) is 12.1 Å². The van der Waals surface area contributed by atoms with Gasteiger partial charge in [0, 0.05) is 5.92 Å². The number of halogens is 3. The van der Waals surface area contributed by atoms with Crippen LogP contribution in [0.3, 0.4) is 0 Å². The number of para-hydroxylation sites is 1. The van der Waals surface area contributed by atoms with Crippen LogP contribution >= 0.6 is 0 Å². The van der Waals surface area contributed by atoms with Crippen molar-refractivity contribution in [3.05, 3.63) is 47.8 Å². The summed E-state index contributed by atoms with van der Waals surface area (Å²) >= 11 is 0. The van der Waals surface area contributed by atoms with Crippen LogP contribution in [0.5, 0.6) is 5.75 Å². The third kappa shape index (κ3) is 3.42. The Balaban J connectivity index is 1.38. The normalized spacial score (nSPS) is 14.6. The molecule has 0 radical (unpaired) electrons. The van der Waals surface area contributed by atoms with Crippen molar-refractivity contribution in [3.63, 3.8) is 0 Å². The Labute approximate surface area is 147 Å². The summed E-state index contributed by atoms with van der Waals surface area (Å²) in [5.41, 5.74) is -0.106. The van der Waals surface area contributed by atoms with Gasteiger partial charge in [-0.15, -0.1) is 15.3 Å². The molecular weight excluding hydrogens is 347 g/mol. The van der Waals surface area contributed by atoms with Crippen molar-refractivity contribution >= 4 is 11.5 Å². The molecule has 2 heterocycles. The molecule has 0 amide bonds. The molecule has 0 saturated heterocycles. The molecule has 0 atom stereocenters. The minimum Gasteiger partial charge on any atom is -0.491 e. The maximum Gasteiger partial charge on any atom is 0.419 e. The summed E-state index contributed by atoms with van der Waals surface area (Å²) in [6.07, 6.45) is -2.26. The van der Waals surface area contributed by atoms with Gasteiger partial charge in [0.1, 0.15) is 18.2 Å². The highest BCUT2D eigenvalue weighted by atomic mass is 19.4. The SMILES string of the molecule is FC(F)(F)c1ccccc1OCCNc1ccc2nnc(C3CC3)n2n1. The van der Waals surface area contributed by atoms with E-state index in [1.165, 1.54) is 18.2 Å². The van der Waals surface area contributed by atoms with Crippen LogP contribution in [0, 0.1) is 0 Å². The third-order valence-corrected chi connectivity index (χ3v) is 4.09. The van der Waals surface area contributed by atoms with Gasteiger partial charge in [0.2, 0.25) is 0 Å². The highest BCUT2D eigenvalue weighted by Gasteiger charge is 2.34. The molecule has 26 heavy (non-hydrogen) atoms. The Morgan fingerprint density at radius 2 is 1.92 bits per heavy atom. The first-order valence-electron chi connectivity index (χ1n) is 8.27. The van der Waals surface area contributed by atoms with Crippen LogP contribution in [0.1, 0.15) is 30.1 Å². The predicted octanol–water partition coefficient (Wildman–Crippen LogP) is 3.51. The minimum atomic E-state index is -4.44. The van der Waals surface area contributed by atoms with Crippen molar-refractivity contribution in [3.8, 4) is 5.75 Å². The molecule has 1 aliphatic carbocycles. The van der Waals surface area contributed by atoms with E-state index in [1.54, 1.807) is 16.6 Å². The summed E-state index contributed by atoms with van der Waals surface area (Å²) in [7, 11) is 0. The first kappa shape index (κ1) is 16.6. The zero-order valence-electron chi connectivity index (χ0n) is 13.7. The van der Waals surface area contributed by atoms with Gasteiger partial charge in [0.15, 0.2) is 11.5 Å². The van der Waals surface area contributed by atoms with E-state index < -0.39 is 11.7 Å². The van der Waals surface area contributed by atoms with E-state index >= 15 is 0 Å². The lowest BCUT2D eigenvalue weighted by atomic mass is 10.2. The van der Waals surface area contributed by atoms with E-state index in [-0.39, 0.29) is 12.4 Å². The number of fused-ring (bicyclic) bond motifs is 1. The topological polar surface area (TPSA) is 64.3 Å². The number of nitrogens with zero attached hydrogens (tertiary/aromatic N) is 4. The zero-order chi connectivity index (χ0) is 18.1. The van der Waals surface area contributed by atoms with E-state index in [2.05, 4.69) is 20.6 Å². The Bertz CT molecular complexity index is 920. The van der Waals surface area contributed by atoms with Crippen LogP contribution in [0.15, 0.2) is 36.4 Å². The summed E-state index contributed by atoms with van der Waals surface area (Å²) < 4.78 is 45.8. The zero-order valence-corrected chi connectivity index (χ0v) is 13.7. The van der Waals surface area contributed by atoms with Crippen molar-refractivity contribution in [1.29, 1.82) is 0 Å². The van der Waals surface area contributed by atoms with Gasteiger partial charge in [-0.05, 0) is 37.1 Å². The van der Waals surface area contributed by atoms with E-state index in [4.69, 9.17) is 4.74 Å². The number of benzene rings is 1. The molecule has 4 rings (SSSR count). The van der Waals surface area contributed by atoms with Crippen LogP contribution in [0.2, 0.25) is 0 Å². The molecule has 3 aromatic rings. The lowest BCUT2D eigenvalue weighted by Gasteiger charge is -2.14. The Morgan fingerprint density at radius 1 is 1.12 bits per heavy atom. The average Bonchev–Trinajstić information content (AvgIpc) is 3.38. The molecule has 0 bridgehead atoms. The molecule has 1 aliphatic rings. The van der Waals surface area contributed by atoms with Crippen LogP contribution in [-0.2, 0) is 6.18 Å².